The quantitative estimate of drug-likeness (QED) is 0.474. The lowest BCUT2D eigenvalue weighted by Gasteiger charge is -2.31. The highest BCUT2D eigenvalue weighted by atomic mass is 28.3. The van der Waals surface area contributed by atoms with Crippen molar-refractivity contribution in [2.45, 2.75) is 51.2 Å². The molecule has 0 aromatic carbocycles. The Labute approximate surface area is 101 Å². The molecular weight excluding hydrogens is 222 g/mol. The Morgan fingerprint density at radius 3 is 2.12 bits per heavy atom. The summed E-state index contributed by atoms with van der Waals surface area (Å²) < 4.78 is 16.5. The number of unbranched alkanes of at least 4 members (excludes halogenated alkanes) is 1. The molecule has 0 bridgehead atoms. The number of nitrogens with two attached hydrogens (primary N) is 1. The van der Waals surface area contributed by atoms with Crippen LogP contribution < -0.4 is 5.73 Å². The van der Waals surface area contributed by atoms with E-state index in [1.165, 1.54) is 18.9 Å². The smallest absolute Gasteiger partial charge is 0.269 e. The maximum absolute atomic E-state index is 5.98. The van der Waals surface area contributed by atoms with Gasteiger partial charge in [-0.05, 0) is 25.1 Å². The summed E-state index contributed by atoms with van der Waals surface area (Å²) in [6.45, 7) is 4.75. The normalized spacial score (nSPS) is 14.1. The van der Waals surface area contributed by atoms with Crippen LogP contribution in [0.4, 0.5) is 0 Å². The second kappa shape index (κ2) is 9.12. The molecule has 0 amide bonds. The molecule has 0 heterocycles. The third kappa shape index (κ3) is 6.60. The van der Waals surface area contributed by atoms with E-state index in [9.17, 15) is 0 Å². The highest BCUT2D eigenvalue weighted by molar-refractivity contribution is 6.51. The van der Waals surface area contributed by atoms with Gasteiger partial charge in [-0.3, -0.25) is 0 Å². The lowest BCUT2D eigenvalue weighted by molar-refractivity contribution is -0.313. The zero-order chi connectivity index (χ0) is 12.4. The molecule has 0 saturated carbocycles. The van der Waals surface area contributed by atoms with Crippen molar-refractivity contribution in [1.82, 2.24) is 0 Å². The summed E-state index contributed by atoms with van der Waals surface area (Å²) in [7, 11) is 1.96. The van der Waals surface area contributed by atoms with Crippen LogP contribution in [0.5, 0.6) is 0 Å². The van der Waals surface area contributed by atoms with E-state index in [0.29, 0.717) is 0 Å². The zero-order valence-corrected chi connectivity index (χ0v) is 12.3. The minimum absolute atomic E-state index is 0.732. The van der Waals surface area contributed by atoms with Crippen molar-refractivity contribution in [3.05, 3.63) is 0 Å². The van der Waals surface area contributed by atoms with Crippen molar-refractivity contribution in [2.24, 2.45) is 5.73 Å². The highest BCUT2D eigenvalue weighted by Gasteiger charge is 2.28. The first-order chi connectivity index (χ1) is 7.61. The van der Waals surface area contributed by atoms with Crippen LogP contribution in [-0.4, -0.2) is 35.8 Å². The molecule has 16 heavy (non-hydrogen) atoms. The molecule has 0 radical (unpaired) electrons. The summed E-state index contributed by atoms with van der Waals surface area (Å²) in [5.74, 6) is -0.876. The number of hydrogen-bond donors (Lipinski definition) is 1. The van der Waals surface area contributed by atoms with Crippen molar-refractivity contribution in [3.8, 4) is 0 Å². The lowest BCUT2D eigenvalue weighted by atomic mass is 10.4. The molecule has 0 aromatic rings. The van der Waals surface area contributed by atoms with Crippen LogP contribution in [-0.2, 0) is 13.9 Å². The Morgan fingerprint density at radius 1 is 1.12 bits per heavy atom. The zero-order valence-electron chi connectivity index (χ0n) is 11.1. The van der Waals surface area contributed by atoms with Gasteiger partial charge in [-0.2, -0.15) is 0 Å². The van der Waals surface area contributed by atoms with Gasteiger partial charge in [0, 0.05) is 21.1 Å². The molecule has 0 fully saturated rings. The molecular formula is C11H27NO3Si. The molecule has 0 saturated heterocycles. The van der Waals surface area contributed by atoms with Gasteiger partial charge in [-0.1, -0.05) is 19.8 Å². The lowest BCUT2D eigenvalue weighted by Crippen LogP contribution is -2.39. The Bertz CT molecular complexity index is 157. The average molecular weight is 249 g/mol. The van der Waals surface area contributed by atoms with E-state index in [-0.39, 0.29) is 0 Å². The molecule has 0 aliphatic rings. The third-order valence-electron chi connectivity index (χ3n) is 2.73. The van der Waals surface area contributed by atoms with Gasteiger partial charge in [0.2, 0.25) is 0 Å². The molecule has 0 aliphatic heterocycles. The Morgan fingerprint density at radius 2 is 1.69 bits per heavy atom. The second-order valence-electron chi connectivity index (χ2n) is 4.08. The fourth-order valence-electron chi connectivity index (χ4n) is 1.52. The summed E-state index contributed by atoms with van der Waals surface area (Å²) in [5.41, 5.74) is 5.54. The predicted molar refractivity (Wildman–Crippen MR) is 68.9 cm³/mol. The summed E-state index contributed by atoms with van der Waals surface area (Å²) in [6, 6.07) is 2.26. The Kier molecular flexibility index (Phi) is 9.16. The summed E-state index contributed by atoms with van der Waals surface area (Å²) in [5, 5.41) is 0. The SMILES string of the molecule is CCCC[SiH](CCCN)OC(C)(OC)OC. The van der Waals surface area contributed by atoms with Gasteiger partial charge >= 0.3 is 0 Å². The van der Waals surface area contributed by atoms with Crippen LogP contribution in [0.3, 0.4) is 0 Å². The van der Waals surface area contributed by atoms with E-state index in [1.54, 1.807) is 14.2 Å². The number of rotatable bonds is 10. The standard InChI is InChI=1S/C11H27NO3Si/c1-5-6-9-16(10-7-8-12)15-11(2,13-3)14-4/h16H,5-10,12H2,1-4H3. The minimum atomic E-state index is -1.26. The average Bonchev–Trinajstić information content (AvgIpc) is 2.32. The van der Waals surface area contributed by atoms with E-state index >= 15 is 0 Å². The molecule has 0 rings (SSSR count). The maximum Gasteiger partial charge on any atom is 0.269 e. The van der Waals surface area contributed by atoms with Gasteiger partial charge in [-0.15, -0.1) is 0 Å². The van der Waals surface area contributed by atoms with E-state index in [1.807, 2.05) is 6.92 Å². The van der Waals surface area contributed by atoms with Gasteiger partial charge in [-0.25, -0.2) is 0 Å². The summed E-state index contributed by atoms with van der Waals surface area (Å²) >= 11 is 0. The monoisotopic (exact) mass is 249 g/mol. The van der Waals surface area contributed by atoms with Gasteiger partial charge in [0.25, 0.3) is 5.97 Å². The van der Waals surface area contributed by atoms with Crippen LogP contribution in [0, 0.1) is 0 Å². The molecule has 98 valence electrons. The van der Waals surface area contributed by atoms with Crippen LogP contribution in [0.2, 0.25) is 12.1 Å². The van der Waals surface area contributed by atoms with Gasteiger partial charge in [0.1, 0.15) is 0 Å². The highest BCUT2D eigenvalue weighted by Crippen LogP contribution is 2.19. The maximum atomic E-state index is 5.98. The van der Waals surface area contributed by atoms with Crippen LogP contribution in [0.1, 0.15) is 33.1 Å². The van der Waals surface area contributed by atoms with Crippen molar-refractivity contribution < 1.29 is 13.9 Å². The molecule has 1 unspecified atom stereocenters. The van der Waals surface area contributed by atoms with Crippen LogP contribution in [0.25, 0.3) is 0 Å². The van der Waals surface area contributed by atoms with Gasteiger partial charge in [0.05, 0.1) is 0 Å². The molecule has 1 atom stereocenters. The van der Waals surface area contributed by atoms with E-state index in [0.717, 1.165) is 19.0 Å². The molecule has 0 spiro atoms. The van der Waals surface area contributed by atoms with E-state index in [4.69, 9.17) is 19.6 Å². The summed E-state index contributed by atoms with van der Waals surface area (Å²) in [4.78, 5) is 0. The third-order valence-corrected chi connectivity index (χ3v) is 5.60. The topological polar surface area (TPSA) is 53.7 Å². The molecule has 2 N–H and O–H groups in total. The Balaban J connectivity index is 4.15. The summed E-state index contributed by atoms with van der Waals surface area (Å²) in [6.07, 6.45) is 3.45. The van der Waals surface area contributed by atoms with E-state index in [2.05, 4.69) is 6.92 Å². The molecule has 5 heteroatoms. The fourth-order valence-corrected chi connectivity index (χ4v) is 4.40. The first-order valence-electron chi connectivity index (χ1n) is 6.10. The fraction of sp³-hybridized carbons (Fsp3) is 1.00. The van der Waals surface area contributed by atoms with Crippen molar-refractivity contribution in [2.75, 3.05) is 20.8 Å². The predicted octanol–water partition coefficient (Wildman–Crippen LogP) is 1.84. The van der Waals surface area contributed by atoms with Crippen molar-refractivity contribution >= 4 is 9.04 Å². The molecule has 0 aromatic heterocycles. The second-order valence-corrected chi connectivity index (χ2v) is 6.72. The minimum Gasteiger partial charge on any atom is -0.372 e. The van der Waals surface area contributed by atoms with Crippen LogP contribution >= 0.6 is 0 Å². The van der Waals surface area contributed by atoms with Crippen LogP contribution in [0.15, 0.2) is 0 Å². The largest absolute Gasteiger partial charge is 0.372 e. The molecule has 4 nitrogen and oxygen atoms in total. The van der Waals surface area contributed by atoms with E-state index < -0.39 is 15.0 Å². The number of methoxy groups -OCH3 is 2. The first-order valence-corrected chi connectivity index (χ1v) is 8.20. The van der Waals surface area contributed by atoms with Gasteiger partial charge in [0.15, 0.2) is 9.04 Å². The Hall–Kier alpha value is 0.0569. The molecule has 0 aliphatic carbocycles. The first kappa shape index (κ1) is 16.1. The van der Waals surface area contributed by atoms with Crippen molar-refractivity contribution in [1.29, 1.82) is 0 Å². The van der Waals surface area contributed by atoms with Gasteiger partial charge < -0.3 is 19.6 Å². The number of hydrogen-bond acceptors (Lipinski definition) is 4. The van der Waals surface area contributed by atoms with Crippen molar-refractivity contribution in [3.63, 3.8) is 0 Å². The number of ether oxygens (including phenoxy) is 2.